The van der Waals surface area contributed by atoms with E-state index in [-0.39, 0.29) is 5.97 Å². The van der Waals surface area contributed by atoms with Gasteiger partial charge in [-0.05, 0) is 24.5 Å². The quantitative estimate of drug-likeness (QED) is 0.708. The van der Waals surface area contributed by atoms with E-state index in [9.17, 15) is 4.79 Å². The number of nitrogens with one attached hydrogen (secondary N) is 1. The molecule has 1 aliphatic heterocycles. The molecule has 3 nitrogen and oxygen atoms in total. The van der Waals surface area contributed by atoms with Crippen molar-refractivity contribution >= 4 is 11.7 Å². The Balaban J connectivity index is 2.04. The Morgan fingerprint density at radius 3 is 3.00 bits per heavy atom. The smallest absolute Gasteiger partial charge is 0.332 e. The van der Waals surface area contributed by atoms with Gasteiger partial charge in [0.2, 0.25) is 0 Å². The SMILES string of the molecule is COC(=O)[C@]12CC[C@H]1c1ccccc1N2. The van der Waals surface area contributed by atoms with Gasteiger partial charge in [-0.2, -0.15) is 0 Å². The lowest BCUT2D eigenvalue weighted by molar-refractivity contribution is -0.149. The summed E-state index contributed by atoms with van der Waals surface area (Å²) in [5, 5.41) is 3.32. The van der Waals surface area contributed by atoms with Gasteiger partial charge in [-0.15, -0.1) is 0 Å². The summed E-state index contributed by atoms with van der Waals surface area (Å²) < 4.78 is 4.89. The van der Waals surface area contributed by atoms with Crippen molar-refractivity contribution in [3.8, 4) is 0 Å². The fourth-order valence-corrected chi connectivity index (χ4v) is 2.78. The first-order chi connectivity index (χ1) is 7.28. The van der Waals surface area contributed by atoms with Crippen LogP contribution in [0.1, 0.15) is 24.3 Å². The van der Waals surface area contributed by atoms with E-state index in [1.807, 2.05) is 18.2 Å². The van der Waals surface area contributed by atoms with Crippen LogP contribution >= 0.6 is 0 Å². The number of carbonyl (C=O) groups is 1. The number of fused-ring (bicyclic) bond motifs is 3. The summed E-state index contributed by atoms with van der Waals surface area (Å²) in [4.78, 5) is 11.8. The van der Waals surface area contributed by atoms with Crippen LogP contribution in [0.25, 0.3) is 0 Å². The standard InChI is InChI=1S/C12H13NO2/c1-15-11(14)12-7-6-9(12)8-4-2-3-5-10(8)13-12/h2-5,9,13H,6-7H2,1H3/t9-,12-/m0/s1. The Hall–Kier alpha value is -1.51. The van der Waals surface area contributed by atoms with Crippen LogP contribution in [0, 0.1) is 0 Å². The van der Waals surface area contributed by atoms with Gasteiger partial charge >= 0.3 is 5.97 Å². The van der Waals surface area contributed by atoms with E-state index in [2.05, 4.69) is 11.4 Å². The van der Waals surface area contributed by atoms with Gasteiger partial charge in [-0.25, -0.2) is 4.79 Å². The van der Waals surface area contributed by atoms with Gasteiger partial charge in [0, 0.05) is 11.6 Å². The molecule has 1 aromatic carbocycles. The minimum atomic E-state index is -0.460. The number of hydrogen-bond donors (Lipinski definition) is 1. The van der Waals surface area contributed by atoms with E-state index in [4.69, 9.17) is 4.74 Å². The van der Waals surface area contributed by atoms with E-state index in [1.165, 1.54) is 12.7 Å². The van der Waals surface area contributed by atoms with Crippen LogP contribution in [0.5, 0.6) is 0 Å². The lowest BCUT2D eigenvalue weighted by Crippen LogP contribution is -2.54. The van der Waals surface area contributed by atoms with Crippen LogP contribution in [-0.2, 0) is 9.53 Å². The zero-order valence-electron chi connectivity index (χ0n) is 8.62. The van der Waals surface area contributed by atoms with E-state index < -0.39 is 5.54 Å². The van der Waals surface area contributed by atoms with Gasteiger partial charge in [-0.1, -0.05) is 18.2 Å². The molecule has 1 aromatic rings. The topological polar surface area (TPSA) is 38.3 Å². The predicted octanol–water partition coefficient (Wildman–Crippen LogP) is 1.90. The summed E-state index contributed by atoms with van der Waals surface area (Å²) in [5.41, 5.74) is 1.89. The average molecular weight is 203 g/mol. The van der Waals surface area contributed by atoms with Crippen LogP contribution in [-0.4, -0.2) is 18.6 Å². The number of carbonyl (C=O) groups excluding carboxylic acids is 1. The highest BCUT2D eigenvalue weighted by molar-refractivity contribution is 5.91. The molecule has 1 saturated carbocycles. The molecule has 78 valence electrons. The van der Waals surface area contributed by atoms with Crippen LogP contribution in [0.3, 0.4) is 0 Å². The molecule has 0 saturated heterocycles. The highest BCUT2D eigenvalue weighted by Gasteiger charge is 2.58. The molecule has 0 radical (unpaired) electrons. The fourth-order valence-electron chi connectivity index (χ4n) is 2.78. The van der Waals surface area contributed by atoms with E-state index in [0.717, 1.165) is 18.5 Å². The summed E-state index contributed by atoms with van der Waals surface area (Å²) in [7, 11) is 1.46. The van der Waals surface area contributed by atoms with Crippen LogP contribution in [0.15, 0.2) is 24.3 Å². The molecule has 2 atom stereocenters. The maximum Gasteiger partial charge on any atom is 0.332 e. The Labute approximate surface area is 88.4 Å². The average Bonchev–Trinajstić information content (AvgIpc) is 2.46. The third kappa shape index (κ3) is 0.928. The molecule has 1 heterocycles. The molecular weight excluding hydrogens is 190 g/mol. The molecule has 2 aliphatic rings. The predicted molar refractivity (Wildman–Crippen MR) is 56.8 cm³/mol. The fraction of sp³-hybridized carbons (Fsp3) is 0.417. The molecule has 0 spiro atoms. The minimum Gasteiger partial charge on any atom is -0.467 e. The molecule has 1 N–H and O–H groups in total. The molecule has 15 heavy (non-hydrogen) atoms. The van der Waals surface area contributed by atoms with Crippen molar-refractivity contribution in [1.82, 2.24) is 0 Å². The molecule has 3 rings (SSSR count). The largest absolute Gasteiger partial charge is 0.467 e. The molecule has 0 unspecified atom stereocenters. The first-order valence-corrected chi connectivity index (χ1v) is 5.23. The number of methoxy groups -OCH3 is 1. The first-order valence-electron chi connectivity index (χ1n) is 5.23. The number of anilines is 1. The molecule has 0 amide bonds. The van der Waals surface area contributed by atoms with Gasteiger partial charge in [0.15, 0.2) is 0 Å². The van der Waals surface area contributed by atoms with Gasteiger partial charge in [0.05, 0.1) is 7.11 Å². The van der Waals surface area contributed by atoms with Crippen molar-refractivity contribution in [3.63, 3.8) is 0 Å². The second-order valence-electron chi connectivity index (χ2n) is 4.27. The van der Waals surface area contributed by atoms with Crippen LogP contribution in [0.2, 0.25) is 0 Å². The first kappa shape index (κ1) is 8.77. The van der Waals surface area contributed by atoms with E-state index >= 15 is 0 Å². The molecule has 0 bridgehead atoms. The van der Waals surface area contributed by atoms with Crippen molar-refractivity contribution in [1.29, 1.82) is 0 Å². The summed E-state index contributed by atoms with van der Waals surface area (Å²) >= 11 is 0. The second-order valence-corrected chi connectivity index (χ2v) is 4.27. The molecular formula is C12H13NO2. The van der Waals surface area contributed by atoms with Crippen molar-refractivity contribution in [2.45, 2.75) is 24.3 Å². The third-order valence-corrected chi connectivity index (χ3v) is 3.67. The molecule has 0 aromatic heterocycles. The summed E-state index contributed by atoms with van der Waals surface area (Å²) in [5.74, 6) is 0.177. The van der Waals surface area contributed by atoms with E-state index in [0.29, 0.717) is 5.92 Å². The summed E-state index contributed by atoms with van der Waals surface area (Å²) in [6.45, 7) is 0. The Morgan fingerprint density at radius 2 is 2.33 bits per heavy atom. The lowest BCUT2D eigenvalue weighted by atomic mass is 9.66. The number of para-hydroxylation sites is 1. The van der Waals surface area contributed by atoms with Gasteiger partial charge in [0.1, 0.15) is 5.54 Å². The molecule has 1 fully saturated rings. The summed E-state index contributed by atoms with van der Waals surface area (Å²) in [6.07, 6.45) is 1.94. The maximum absolute atomic E-state index is 11.8. The van der Waals surface area contributed by atoms with Crippen molar-refractivity contribution < 1.29 is 9.53 Å². The Kier molecular flexibility index (Phi) is 1.61. The number of ether oxygens (including phenoxy) is 1. The normalized spacial score (nSPS) is 30.9. The van der Waals surface area contributed by atoms with Gasteiger partial charge in [0.25, 0.3) is 0 Å². The molecule has 1 aliphatic carbocycles. The monoisotopic (exact) mass is 203 g/mol. The van der Waals surface area contributed by atoms with Crippen molar-refractivity contribution in [3.05, 3.63) is 29.8 Å². The van der Waals surface area contributed by atoms with Crippen molar-refractivity contribution in [2.24, 2.45) is 0 Å². The number of esters is 1. The minimum absolute atomic E-state index is 0.130. The van der Waals surface area contributed by atoms with Gasteiger partial charge < -0.3 is 10.1 Å². The zero-order valence-corrected chi connectivity index (χ0v) is 8.62. The Morgan fingerprint density at radius 1 is 1.53 bits per heavy atom. The number of hydrogen-bond acceptors (Lipinski definition) is 3. The van der Waals surface area contributed by atoms with Crippen LogP contribution in [0.4, 0.5) is 5.69 Å². The van der Waals surface area contributed by atoms with Gasteiger partial charge in [-0.3, -0.25) is 0 Å². The Bertz CT molecular complexity index is 429. The van der Waals surface area contributed by atoms with E-state index in [1.54, 1.807) is 0 Å². The zero-order chi connectivity index (χ0) is 10.5. The number of rotatable bonds is 1. The highest BCUT2D eigenvalue weighted by atomic mass is 16.5. The molecule has 3 heteroatoms. The number of benzene rings is 1. The lowest BCUT2D eigenvalue weighted by Gasteiger charge is -2.42. The van der Waals surface area contributed by atoms with Crippen LogP contribution < -0.4 is 5.32 Å². The second kappa shape index (κ2) is 2.75. The summed E-state index contributed by atoms with van der Waals surface area (Å²) in [6, 6.07) is 8.13. The van der Waals surface area contributed by atoms with Crippen molar-refractivity contribution in [2.75, 3.05) is 12.4 Å². The third-order valence-electron chi connectivity index (χ3n) is 3.67. The maximum atomic E-state index is 11.8. The highest BCUT2D eigenvalue weighted by Crippen LogP contribution is 2.55.